The second kappa shape index (κ2) is 14.8. The number of hydrogen-bond donors (Lipinski definition) is 2. The molecule has 0 atom stereocenters. The van der Waals surface area contributed by atoms with Crippen LogP contribution >= 0.6 is 0 Å². The molecule has 0 saturated carbocycles. The van der Waals surface area contributed by atoms with Crippen LogP contribution in [0.25, 0.3) is 10.9 Å². The summed E-state index contributed by atoms with van der Waals surface area (Å²) in [6.07, 6.45) is 7.27. The zero-order chi connectivity index (χ0) is 31.8. The summed E-state index contributed by atoms with van der Waals surface area (Å²) in [7, 11) is 5.49. The maximum Gasteiger partial charge on any atom is 0.150 e. The number of pyridine rings is 1. The van der Waals surface area contributed by atoms with E-state index in [9.17, 15) is 0 Å². The maximum absolute atomic E-state index is 15.3. The molecule has 12 heteroatoms. The molecule has 6 rings (SSSR count). The molecule has 2 fully saturated rings. The van der Waals surface area contributed by atoms with Crippen LogP contribution in [0.1, 0.15) is 12.8 Å². The van der Waals surface area contributed by atoms with Crippen LogP contribution in [0.4, 0.5) is 27.4 Å². The lowest BCUT2D eigenvalue weighted by atomic mass is 10.0. The Balaban J connectivity index is 0.000000945. The minimum Gasteiger partial charge on any atom is -0.495 e. The normalized spacial score (nSPS) is 15.4. The minimum atomic E-state index is -0.465. The van der Waals surface area contributed by atoms with E-state index in [4.69, 9.17) is 19.0 Å². The molecule has 2 aromatic carbocycles. The average Bonchev–Trinajstić information content (AvgIpc) is 3.03. The Morgan fingerprint density at radius 2 is 1.76 bits per heavy atom. The summed E-state index contributed by atoms with van der Waals surface area (Å²) in [5.41, 5.74) is 1.84. The smallest absolute Gasteiger partial charge is 0.150 e. The number of fused-ring (bicyclic) bond motifs is 1. The molecule has 0 bridgehead atoms. The van der Waals surface area contributed by atoms with Crippen LogP contribution in [-0.4, -0.2) is 85.7 Å². The van der Waals surface area contributed by atoms with Crippen LogP contribution < -0.4 is 25.0 Å². The van der Waals surface area contributed by atoms with Gasteiger partial charge in [0.1, 0.15) is 47.3 Å². The molecular weight excluding hydrogens is 577 g/mol. The van der Waals surface area contributed by atoms with Crippen LogP contribution in [0.2, 0.25) is 0 Å². The van der Waals surface area contributed by atoms with Crippen molar-refractivity contribution < 1.29 is 23.4 Å². The zero-order valence-corrected chi connectivity index (χ0v) is 25.7. The number of rotatable bonds is 10. The summed E-state index contributed by atoms with van der Waals surface area (Å²) < 4.78 is 32.2. The van der Waals surface area contributed by atoms with Gasteiger partial charge in [0.15, 0.2) is 0 Å². The number of nitrogens with zero attached hydrogens (tertiary/aromatic N) is 5. The molecule has 0 spiro atoms. The largest absolute Gasteiger partial charge is 0.495 e. The molecular formula is C33H38FN7O4. The third kappa shape index (κ3) is 7.83. The fourth-order valence-corrected chi connectivity index (χ4v) is 5.17. The van der Waals surface area contributed by atoms with Gasteiger partial charge >= 0.3 is 0 Å². The predicted molar refractivity (Wildman–Crippen MR) is 173 cm³/mol. The molecule has 2 aromatic heterocycles. The van der Waals surface area contributed by atoms with Gasteiger partial charge in [0.2, 0.25) is 0 Å². The number of piperidine rings is 1. The van der Waals surface area contributed by atoms with Gasteiger partial charge in [-0.05, 0) is 63.3 Å². The Labute approximate surface area is 262 Å². The summed E-state index contributed by atoms with van der Waals surface area (Å²) in [5, 5.41) is 7.53. The van der Waals surface area contributed by atoms with E-state index in [1.807, 2.05) is 18.2 Å². The van der Waals surface area contributed by atoms with Crippen molar-refractivity contribution in [2.45, 2.75) is 25.0 Å². The molecule has 2 saturated heterocycles. The third-order valence-corrected chi connectivity index (χ3v) is 7.78. The number of carbonyl (C=O) groups is 1. The standard InChI is InChI=1S/C30H34FN7O3.C3H4O/c1-37-10-7-19(8-11-37)35-27-14-23-26(15-28(27)40-3)33-18-34-30(23)36-25-5-4-20(12-24(25)31)41-21-6-9-32-29(13-21)38-16-22(17-38)39-2;1-2-3-4/h4-6,9,12-15,18-19,22,35H,7-8,10-11,16-17H2,1-3H3,(H,33,34,36);2-3H,1H2. The van der Waals surface area contributed by atoms with Crippen LogP contribution in [0.5, 0.6) is 17.2 Å². The van der Waals surface area contributed by atoms with Crippen LogP contribution in [0.3, 0.4) is 0 Å². The van der Waals surface area contributed by atoms with E-state index in [0.717, 1.165) is 55.9 Å². The second-order valence-electron chi connectivity index (χ2n) is 10.9. The van der Waals surface area contributed by atoms with Crippen molar-refractivity contribution in [3.8, 4) is 17.2 Å². The van der Waals surface area contributed by atoms with Crippen LogP contribution in [-0.2, 0) is 9.53 Å². The monoisotopic (exact) mass is 615 g/mol. The van der Waals surface area contributed by atoms with Gasteiger partial charge in [0, 0.05) is 56.0 Å². The quantitative estimate of drug-likeness (QED) is 0.176. The van der Waals surface area contributed by atoms with E-state index in [0.29, 0.717) is 40.9 Å². The zero-order valence-electron chi connectivity index (χ0n) is 25.7. The first-order valence-corrected chi connectivity index (χ1v) is 14.7. The van der Waals surface area contributed by atoms with Gasteiger partial charge < -0.3 is 34.6 Å². The Bertz CT molecular complexity index is 1620. The van der Waals surface area contributed by atoms with Crippen molar-refractivity contribution in [3.05, 3.63) is 73.5 Å². The maximum atomic E-state index is 15.3. The Morgan fingerprint density at radius 1 is 1.00 bits per heavy atom. The summed E-state index contributed by atoms with van der Waals surface area (Å²) in [6, 6.07) is 12.5. The fraction of sp³-hybridized carbons (Fsp3) is 0.333. The molecule has 2 aliphatic rings. The highest BCUT2D eigenvalue weighted by atomic mass is 19.1. The van der Waals surface area contributed by atoms with Crippen LogP contribution in [0, 0.1) is 5.82 Å². The lowest BCUT2D eigenvalue weighted by Crippen LogP contribution is -2.52. The highest BCUT2D eigenvalue weighted by Gasteiger charge is 2.27. The van der Waals surface area contributed by atoms with Gasteiger partial charge in [-0.1, -0.05) is 6.58 Å². The molecule has 45 heavy (non-hydrogen) atoms. The number of carbonyl (C=O) groups excluding carboxylic acids is 1. The number of likely N-dealkylation sites (tertiary alicyclic amines) is 1. The van der Waals surface area contributed by atoms with E-state index < -0.39 is 5.82 Å². The number of aldehydes is 1. The van der Waals surface area contributed by atoms with E-state index in [1.165, 1.54) is 18.5 Å². The first-order valence-electron chi connectivity index (χ1n) is 14.7. The van der Waals surface area contributed by atoms with E-state index in [1.54, 1.807) is 38.6 Å². The topological polar surface area (TPSA) is 114 Å². The molecule has 2 N–H and O–H groups in total. The highest BCUT2D eigenvalue weighted by Crippen LogP contribution is 2.35. The summed E-state index contributed by atoms with van der Waals surface area (Å²) in [5.74, 6) is 2.50. The molecule has 0 unspecified atom stereocenters. The average molecular weight is 616 g/mol. The summed E-state index contributed by atoms with van der Waals surface area (Å²) in [6.45, 7) is 6.75. The first kappa shape index (κ1) is 31.6. The van der Waals surface area contributed by atoms with Crippen molar-refractivity contribution >= 4 is 40.2 Å². The molecule has 11 nitrogen and oxygen atoms in total. The number of methoxy groups -OCH3 is 2. The number of ether oxygens (including phenoxy) is 3. The second-order valence-corrected chi connectivity index (χ2v) is 10.9. The molecule has 2 aliphatic heterocycles. The number of anilines is 4. The van der Waals surface area contributed by atoms with E-state index in [2.05, 4.69) is 49.0 Å². The Kier molecular flexibility index (Phi) is 10.4. The lowest BCUT2D eigenvalue weighted by Gasteiger charge is -2.39. The van der Waals surface area contributed by atoms with Crippen molar-refractivity contribution in [1.29, 1.82) is 0 Å². The van der Waals surface area contributed by atoms with Gasteiger partial charge in [0.05, 0.1) is 30.1 Å². The molecule has 236 valence electrons. The van der Waals surface area contributed by atoms with Gasteiger partial charge in [0.25, 0.3) is 0 Å². The predicted octanol–water partition coefficient (Wildman–Crippen LogP) is 5.42. The number of benzene rings is 2. The first-order chi connectivity index (χ1) is 21.9. The highest BCUT2D eigenvalue weighted by molar-refractivity contribution is 5.95. The van der Waals surface area contributed by atoms with Crippen molar-refractivity contribution in [2.75, 3.05) is 63.0 Å². The summed E-state index contributed by atoms with van der Waals surface area (Å²) >= 11 is 0. The Hall–Kier alpha value is -4.81. The van der Waals surface area contributed by atoms with Crippen molar-refractivity contribution in [3.63, 3.8) is 0 Å². The van der Waals surface area contributed by atoms with Gasteiger partial charge in [-0.3, -0.25) is 4.79 Å². The minimum absolute atomic E-state index is 0.214. The van der Waals surface area contributed by atoms with Crippen LogP contribution in [0.15, 0.2) is 67.6 Å². The SMILES string of the molecule is C=CC=O.COc1cc2ncnc(Nc3ccc(Oc4ccnc(N5CC(OC)C5)c4)cc3F)c2cc1NC1CCN(C)CC1. The number of allylic oxidation sites excluding steroid dienone is 1. The van der Waals surface area contributed by atoms with E-state index in [-0.39, 0.29) is 11.8 Å². The third-order valence-electron chi connectivity index (χ3n) is 7.78. The molecule has 0 radical (unpaired) electrons. The number of hydrogen-bond acceptors (Lipinski definition) is 11. The van der Waals surface area contributed by atoms with Gasteiger partial charge in [-0.2, -0.15) is 0 Å². The molecule has 0 amide bonds. The summed E-state index contributed by atoms with van der Waals surface area (Å²) in [4.78, 5) is 26.7. The molecule has 4 aromatic rings. The van der Waals surface area contributed by atoms with Gasteiger partial charge in [-0.25, -0.2) is 19.3 Å². The fourth-order valence-electron chi connectivity index (χ4n) is 5.17. The van der Waals surface area contributed by atoms with Crippen molar-refractivity contribution in [2.24, 2.45) is 0 Å². The molecule has 0 aliphatic carbocycles. The lowest BCUT2D eigenvalue weighted by molar-refractivity contribution is -0.104. The number of halogens is 1. The number of aromatic nitrogens is 3. The van der Waals surface area contributed by atoms with E-state index >= 15 is 4.39 Å². The number of nitrogens with one attached hydrogen (secondary N) is 2. The van der Waals surface area contributed by atoms with Gasteiger partial charge in [-0.15, -0.1) is 0 Å². The molecule has 4 heterocycles. The Morgan fingerprint density at radius 3 is 2.44 bits per heavy atom. The van der Waals surface area contributed by atoms with Crippen molar-refractivity contribution in [1.82, 2.24) is 19.9 Å².